The fourth-order valence-electron chi connectivity index (χ4n) is 0.726. The third-order valence-corrected chi connectivity index (χ3v) is 1.45. The first kappa shape index (κ1) is 10.4. The Labute approximate surface area is 68.7 Å². The van der Waals surface area contributed by atoms with Crippen molar-refractivity contribution < 1.29 is 4.79 Å². The van der Waals surface area contributed by atoms with Gasteiger partial charge >= 0.3 is 0 Å². The van der Waals surface area contributed by atoms with Gasteiger partial charge in [-0.3, -0.25) is 4.79 Å². The molecule has 0 aliphatic heterocycles. The summed E-state index contributed by atoms with van der Waals surface area (Å²) in [4.78, 5) is 10.4. The Balaban J connectivity index is 3.95. The second-order valence-corrected chi connectivity index (χ2v) is 3.61. The van der Waals surface area contributed by atoms with Crippen LogP contribution in [0.15, 0.2) is 12.7 Å². The van der Waals surface area contributed by atoms with Crippen LogP contribution in [0.25, 0.3) is 0 Å². The highest BCUT2D eigenvalue weighted by Gasteiger charge is 2.23. The van der Waals surface area contributed by atoms with Crippen LogP contribution in [0, 0.1) is 5.41 Å². The van der Waals surface area contributed by atoms with Crippen LogP contribution in [-0.4, -0.2) is 18.9 Å². The lowest BCUT2D eigenvalue weighted by molar-refractivity contribution is 0.327. The van der Waals surface area contributed by atoms with Gasteiger partial charge in [0.1, 0.15) is 0 Å². The first-order valence-corrected chi connectivity index (χ1v) is 3.74. The highest BCUT2D eigenvalue weighted by molar-refractivity contribution is 5.59. The second kappa shape index (κ2) is 4.29. The molecule has 0 aliphatic rings. The van der Waals surface area contributed by atoms with Gasteiger partial charge in [0, 0.05) is 6.54 Å². The summed E-state index contributed by atoms with van der Waals surface area (Å²) in [6, 6.07) is -0.208. The molecule has 0 aromatic rings. The average molecular weight is 154 g/mol. The van der Waals surface area contributed by atoms with E-state index < -0.39 is 0 Å². The average Bonchev–Trinajstić information content (AvgIpc) is 1.87. The zero-order chi connectivity index (χ0) is 8.91. The Kier molecular flexibility index (Phi) is 4.04. The topological polar surface area (TPSA) is 29.1 Å². The van der Waals surface area contributed by atoms with E-state index >= 15 is 0 Å². The van der Waals surface area contributed by atoms with E-state index in [9.17, 15) is 4.79 Å². The van der Waals surface area contributed by atoms with E-state index in [1.54, 1.807) is 6.08 Å². The van der Waals surface area contributed by atoms with Gasteiger partial charge in [0.15, 0.2) is 0 Å². The van der Waals surface area contributed by atoms with Crippen LogP contribution >= 0.6 is 0 Å². The van der Waals surface area contributed by atoms with Crippen LogP contribution in [0.3, 0.4) is 0 Å². The molecule has 0 saturated heterocycles. The van der Waals surface area contributed by atoms with Gasteiger partial charge in [0.25, 0.3) is 0 Å². The molecular formula is C9H16NO. The number of carbonyl (C=O) groups excluding carboxylic acids is 1. The van der Waals surface area contributed by atoms with Crippen LogP contribution in [0.1, 0.15) is 20.8 Å². The minimum Gasteiger partial charge on any atom is -0.303 e. The van der Waals surface area contributed by atoms with Gasteiger partial charge in [0.2, 0.25) is 6.29 Å². The van der Waals surface area contributed by atoms with Gasteiger partial charge in [-0.15, -0.1) is 6.58 Å². The molecule has 1 radical (unpaired) electrons. The standard InChI is InChI=1S/C9H16NO/c1-5-6-10-8(7-11)9(2,3)4/h5,8,10H,1,6H2,2-4H3. The molecule has 0 spiro atoms. The van der Waals surface area contributed by atoms with E-state index in [1.807, 2.05) is 27.1 Å². The number of rotatable bonds is 4. The molecule has 63 valence electrons. The molecule has 11 heavy (non-hydrogen) atoms. The third kappa shape index (κ3) is 3.94. The molecule has 0 aromatic heterocycles. The van der Waals surface area contributed by atoms with Crippen LogP contribution in [0.4, 0.5) is 0 Å². The minimum absolute atomic E-state index is 0.0647. The quantitative estimate of drug-likeness (QED) is 0.618. The van der Waals surface area contributed by atoms with E-state index in [2.05, 4.69) is 11.9 Å². The number of hydrogen-bond donors (Lipinski definition) is 1. The maximum Gasteiger partial charge on any atom is 0.217 e. The Morgan fingerprint density at radius 1 is 1.64 bits per heavy atom. The van der Waals surface area contributed by atoms with E-state index in [1.165, 1.54) is 0 Å². The summed E-state index contributed by atoms with van der Waals surface area (Å²) in [5.41, 5.74) is -0.0647. The molecule has 2 nitrogen and oxygen atoms in total. The normalized spacial score (nSPS) is 14.1. The molecule has 0 fully saturated rings. The molecule has 0 amide bonds. The molecule has 0 heterocycles. The van der Waals surface area contributed by atoms with Crippen molar-refractivity contribution in [3.8, 4) is 0 Å². The smallest absolute Gasteiger partial charge is 0.217 e. The van der Waals surface area contributed by atoms with Crippen molar-refractivity contribution in [2.24, 2.45) is 5.41 Å². The summed E-state index contributed by atoms with van der Waals surface area (Å²) in [5, 5.41) is 3.02. The highest BCUT2D eigenvalue weighted by atomic mass is 16.1. The van der Waals surface area contributed by atoms with Gasteiger partial charge in [-0.05, 0) is 5.41 Å². The van der Waals surface area contributed by atoms with Crippen LogP contribution in [-0.2, 0) is 4.79 Å². The molecule has 1 N–H and O–H groups in total. The molecule has 1 unspecified atom stereocenters. The van der Waals surface area contributed by atoms with Gasteiger partial charge in [-0.2, -0.15) is 0 Å². The van der Waals surface area contributed by atoms with Crippen molar-refractivity contribution in [1.82, 2.24) is 5.32 Å². The number of nitrogens with one attached hydrogen (secondary N) is 1. The van der Waals surface area contributed by atoms with E-state index in [-0.39, 0.29) is 11.5 Å². The van der Waals surface area contributed by atoms with Crippen LogP contribution in [0.2, 0.25) is 0 Å². The van der Waals surface area contributed by atoms with Crippen molar-refractivity contribution in [3.63, 3.8) is 0 Å². The van der Waals surface area contributed by atoms with E-state index in [0.29, 0.717) is 6.54 Å². The highest BCUT2D eigenvalue weighted by Crippen LogP contribution is 2.17. The lowest BCUT2D eigenvalue weighted by atomic mass is 9.88. The lowest BCUT2D eigenvalue weighted by Gasteiger charge is -2.25. The maximum atomic E-state index is 10.4. The predicted molar refractivity (Wildman–Crippen MR) is 47.1 cm³/mol. The lowest BCUT2D eigenvalue weighted by Crippen LogP contribution is -2.41. The van der Waals surface area contributed by atoms with Crippen LogP contribution < -0.4 is 5.32 Å². The minimum atomic E-state index is -0.208. The molecule has 0 aliphatic carbocycles. The Morgan fingerprint density at radius 3 is 2.45 bits per heavy atom. The zero-order valence-corrected chi connectivity index (χ0v) is 7.48. The molecule has 0 rings (SSSR count). The molecule has 0 aromatic carbocycles. The Bertz CT molecular complexity index is 135. The first-order valence-electron chi connectivity index (χ1n) is 3.74. The molecule has 0 saturated carbocycles. The molecule has 1 atom stereocenters. The summed E-state index contributed by atoms with van der Waals surface area (Å²) in [7, 11) is 0. The predicted octanol–water partition coefficient (Wildman–Crippen LogP) is 1.29. The van der Waals surface area contributed by atoms with Gasteiger partial charge < -0.3 is 5.32 Å². The third-order valence-electron chi connectivity index (χ3n) is 1.45. The Hall–Kier alpha value is -0.630. The van der Waals surface area contributed by atoms with E-state index in [0.717, 1.165) is 0 Å². The van der Waals surface area contributed by atoms with Crippen molar-refractivity contribution in [2.45, 2.75) is 26.8 Å². The van der Waals surface area contributed by atoms with Crippen LogP contribution in [0.5, 0.6) is 0 Å². The fourth-order valence-corrected chi connectivity index (χ4v) is 0.726. The molecule has 0 bridgehead atoms. The Morgan fingerprint density at radius 2 is 2.18 bits per heavy atom. The summed E-state index contributed by atoms with van der Waals surface area (Å²) in [6.45, 7) is 10.2. The number of hydrogen-bond acceptors (Lipinski definition) is 2. The zero-order valence-electron chi connectivity index (χ0n) is 7.48. The fraction of sp³-hybridized carbons (Fsp3) is 0.667. The van der Waals surface area contributed by atoms with Gasteiger partial charge in [-0.25, -0.2) is 0 Å². The van der Waals surface area contributed by atoms with Crippen molar-refractivity contribution >= 4 is 6.29 Å². The first-order chi connectivity index (χ1) is 5.02. The van der Waals surface area contributed by atoms with E-state index in [4.69, 9.17) is 0 Å². The van der Waals surface area contributed by atoms with Crippen molar-refractivity contribution in [1.29, 1.82) is 0 Å². The summed E-state index contributed by atoms with van der Waals surface area (Å²) in [5.74, 6) is 0. The van der Waals surface area contributed by atoms with Gasteiger partial charge in [-0.1, -0.05) is 26.8 Å². The second-order valence-electron chi connectivity index (χ2n) is 3.61. The summed E-state index contributed by atoms with van der Waals surface area (Å²) >= 11 is 0. The SMILES string of the molecule is C=CCNC([C]=O)C(C)(C)C. The van der Waals surface area contributed by atoms with Gasteiger partial charge in [0.05, 0.1) is 6.04 Å². The maximum absolute atomic E-state index is 10.4. The largest absolute Gasteiger partial charge is 0.303 e. The summed E-state index contributed by atoms with van der Waals surface area (Å²) < 4.78 is 0. The monoisotopic (exact) mass is 154 g/mol. The molecule has 2 heteroatoms. The van der Waals surface area contributed by atoms with Crippen molar-refractivity contribution in [3.05, 3.63) is 12.7 Å². The van der Waals surface area contributed by atoms with Crippen molar-refractivity contribution in [2.75, 3.05) is 6.54 Å². The summed E-state index contributed by atoms with van der Waals surface area (Å²) in [6.07, 6.45) is 3.70. The molecular weight excluding hydrogens is 138 g/mol.